The van der Waals surface area contributed by atoms with E-state index in [0.29, 0.717) is 22.7 Å². The van der Waals surface area contributed by atoms with E-state index in [4.69, 9.17) is 16.3 Å². The molecule has 0 radical (unpaired) electrons. The molecule has 0 aliphatic rings. The quantitative estimate of drug-likeness (QED) is 0.181. The Kier molecular flexibility index (Phi) is 9.01. The lowest BCUT2D eigenvalue weighted by Gasteiger charge is -2.16. The van der Waals surface area contributed by atoms with Gasteiger partial charge < -0.3 is 10.1 Å². The number of nitrogens with zero attached hydrogens (tertiary/aromatic N) is 4. The SMILES string of the molecule is CCC(C)NS(=O)(=O)c1cc([N+](=O)[O-])ccc1Oc1c(C)c(C(=O)NCc2cccnc2)nn1-c1cccc(Cl)c1. The summed E-state index contributed by atoms with van der Waals surface area (Å²) in [6.45, 7) is 5.26. The summed E-state index contributed by atoms with van der Waals surface area (Å²) in [5.74, 6) is -0.681. The van der Waals surface area contributed by atoms with Gasteiger partial charge in [-0.1, -0.05) is 30.7 Å². The number of ether oxygens (including phenoxy) is 1. The number of nitro benzene ring substituents is 1. The number of rotatable bonds is 11. The molecule has 0 saturated carbocycles. The van der Waals surface area contributed by atoms with Gasteiger partial charge >= 0.3 is 0 Å². The summed E-state index contributed by atoms with van der Waals surface area (Å²) in [6, 6.07) is 13.0. The minimum Gasteiger partial charge on any atom is -0.437 e. The Morgan fingerprint density at radius 2 is 1.98 bits per heavy atom. The van der Waals surface area contributed by atoms with Crippen molar-refractivity contribution in [1.82, 2.24) is 24.8 Å². The largest absolute Gasteiger partial charge is 0.437 e. The molecule has 4 rings (SSSR count). The molecule has 4 aromatic rings. The summed E-state index contributed by atoms with van der Waals surface area (Å²) in [6.07, 6.45) is 3.73. The number of sulfonamides is 1. The van der Waals surface area contributed by atoms with E-state index >= 15 is 0 Å². The molecule has 214 valence electrons. The monoisotopic (exact) mass is 598 g/mol. The van der Waals surface area contributed by atoms with Crippen LogP contribution < -0.4 is 14.8 Å². The van der Waals surface area contributed by atoms with Crippen molar-refractivity contribution in [2.45, 2.75) is 44.7 Å². The lowest BCUT2D eigenvalue weighted by molar-refractivity contribution is -0.385. The highest BCUT2D eigenvalue weighted by molar-refractivity contribution is 7.89. The van der Waals surface area contributed by atoms with Crippen LogP contribution in [0.4, 0.5) is 5.69 Å². The molecule has 0 aliphatic heterocycles. The Balaban J connectivity index is 1.81. The summed E-state index contributed by atoms with van der Waals surface area (Å²) in [7, 11) is -4.24. The number of pyridine rings is 1. The first-order valence-corrected chi connectivity index (χ1v) is 14.4. The third-order valence-electron chi connectivity index (χ3n) is 6.12. The maximum absolute atomic E-state index is 13.3. The molecule has 14 heteroatoms. The average molecular weight is 599 g/mol. The summed E-state index contributed by atoms with van der Waals surface area (Å²) < 4.78 is 36.5. The van der Waals surface area contributed by atoms with Crippen LogP contribution in [0.25, 0.3) is 5.69 Å². The highest BCUT2D eigenvalue weighted by Crippen LogP contribution is 2.36. The Hall–Kier alpha value is -4.33. The van der Waals surface area contributed by atoms with E-state index in [2.05, 4.69) is 20.1 Å². The molecule has 41 heavy (non-hydrogen) atoms. The van der Waals surface area contributed by atoms with Crippen LogP contribution in [0.5, 0.6) is 11.6 Å². The van der Waals surface area contributed by atoms with Crippen molar-refractivity contribution >= 4 is 33.2 Å². The number of nitro groups is 1. The Bertz CT molecular complexity index is 1690. The Morgan fingerprint density at radius 3 is 2.63 bits per heavy atom. The second-order valence-corrected chi connectivity index (χ2v) is 11.3. The molecule has 2 heterocycles. The summed E-state index contributed by atoms with van der Waals surface area (Å²) in [5.41, 5.74) is 1.10. The fraction of sp³-hybridized carbons (Fsp3) is 0.222. The van der Waals surface area contributed by atoms with Crippen LogP contribution in [0, 0.1) is 17.0 Å². The minimum atomic E-state index is -4.24. The van der Waals surface area contributed by atoms with Crippen LogP contribution in [0.3, 0.4) is 0 Å². The molecule has 0 spiro atoms. The summed E-state index contributed by atoms with van der Waals surface area (Å²) in [4.78, 5) is 27.6. The van der Waals surface area contributed by atoms with E-state index in [0.717, 1.165) is 17.7 Å². The molecule has 1 amide bonds. The topological polar surface area (TPSA) is 158 Å². The van der Waals surface area contributed by atoms with E-state index in [1.54, 1.807) is 63.5 Å². The maximum atomic E-state index is 13.3. The summed E-state index contributed by atoms with van der Waals surface area (Å²) >= 11 is 6.21. The highest BCUT2D eigenvalue weighted by Gasteiger charge is 2.28. The van der Waals surface area contributed by atoms with Crippen LogP contribution in [-0.2, 0) is 16.6 Å². The van der Waals surface area contributed by atoms with Crippen molar-refractivity contribution in [3.63, 3.8) is 0 Å². The minimum absolute atomic E-state index is 0.0210. The smallest absolute Gasteiger partial charge is 0.272 e. The van der Waals surface area contributed by atoms with Gasteiger partial charge in [0.25, 0.3) is 11.6 Å². The van der Waals surface area contributed by atoms with Crippen molar-refractivity contribution in [2.24, 2.45) is 0 Å². The molecular formula is C27H27ClN6O6S. The fourth-order valence-electron chi connectivity index (χ4n) is 3.79. The number of aromatic nitrogens is 3. The van der Waals surface area contributed by atoms with E-state index in [-0.39, 0.29) is 23.9 Å². The van der Waals surface area contributed by atoms with Crippen LogP contribution in [-0.4, -0.2) is 40.1 Å². The van der Waals surface area contributed by atoms with Gasteiger partial charge in [-0.15, -0.1) is 0 Å². The van der Waals surface area contributed by atoms with Crippen molar-refractivity contribution in [3.05, 3.63) is 98.9 Å². The van der Waals surface area contributed by atoms with Gasteiger partial charge in [-0.25, -0.2) is 13.1 Å². The maximum Gasteiger partial charge on any atom is 0.272 e. The van der Waals surface area contributed by atoms with E-state index in [1.807, 2.05) is 6.07 Å². The van der Waals surface area contributed by atoms with Gasteiger partial charge in [0.2, 0.25) is 15.9 Å². The second kappa shape index (κ2) is 12.5. The van der Waals surface area contributed by atoms with Crippen molar-refractivity contribution in [3.8, 4) is 17.3 Å². The van der Waals surface area contributed by atoms with Gasteiger partial charge in [0.15, 0.2) is 5.69 Å². The fourth-order valence-corrected chi connectivity index (χ4v) is 5.45. The van der Waals surface area contributed by atoms with Gasteiger partial charge in [-0.3, -0.25) is 19.9 Å². The third kappa shape index (κ3) is 6.88. The number of benzene rings is 2. The highest BCUT2D eigenvalue weighted by atomic mass is 35.5. The number of carbonyl (C=O) groups excluding carboxylic acids is 1. The predicted octanol–water partition coefficient (Wildman–Crippen LogP) is 4.94. The zero-order valence-corrected chi connectivity index (χ0v) is 23.9. The molecule has 2 N–H and O–H groups in total. The normalized spacial score (nSPS) is 12.1. The molecule has 0 saturated heterocycles. The van der Waals surface area contributed by atoms with Crippen molar-refractivity contribution in [1.29, 1.82) is 0 Å². The molecule has 0 bridgehead atoms. The van der Waals surface area contributed by atoms with Crippen LogP contribution >= 0.6 is 11.6 Å². The number of amides is 1. The van der Waals surface area contributed by atoms with Gasteiger partial charge in [-0.05, 0) is 56.2 Å². The number of halogens is 1. The molecular weight excluding hydrogens is 572 g/mol. The number of nitrogens with one attached hydrogen (secondary N) is 2. The summed E-state index contributed by atoms with van der Waals surface area (Å²) in [5, 5.41) is 19.1. The molecule has 0 aliphatic carbocycles. The van der Waals surface area contributed by atoms with Crippen molar-refractivity contribution in [2.75, 3.05) is 0 Å². The number of hydrogen-bond donors (Lipinski definition) is 2. The Morgan fingerprint density at radius 1 is 1.20 bits per heavy atom. The Labute approximate surface area is 241 Å². The predicted molar refractivity (Wildman–Crippen MR) is 152 cm³/mol. The van der Waals surface area contributed by atoms with Gasteiger partial charge in [0.1, 0.15) is 10.6 Å². The van der Waals surface area contributed by atoms with Crippen LogP contribution in [0.2, 0.25) is 5.02 Å². The molecule has 0 fully saturated rings. The molecule has 2 aromatic carbocycles. The van der Waals surface area contributed by atoms with E-state index in [9.17, 15) is 23.3 Å². The van der Waals surface area contributed by atoms with E-state index in [1.165, 1.54) is 10.7 Å². The van der Waals surface area contributed by atoms with Gasteiger partial charge in [0, 0.05) is 47.7 Å². The van der Waals surface area contributed by atoms with Gasteiger partial charge in [-0.2, -0.15) is 9.78 Å². The average Bonchev–Trinajstić information content (AvgIpc) is 3.27. The number of non-ortho nitro benzene ring substituents is 1. The number of carbonyl (C=O) groups is 1. The second-order valence-electron chi connectivity index (χ2n) is 9.14. The van der Waals surface area contributed by atoms with Crippen LogP contribution in [0.1, 0.15) is 41.9 Å². The number of hydrogen-bond acceptors (Lipinski definition) is 8. The molecule has 1 unspecified atom stereocenters. The first kappa shape index (κ1) is 29.6. The molecule has 2 aromatic heterocycles. The standard InChI is InChI=1S/C27H27ClN6O6S/c1-4-17(2)32-41(38,39)24-14-22(34(36)37)10-11-23(24)40-27-18(3)25(26(35)30-16-19-7-6-12-29-15-19)31-33(27)21-9-5-8-20(28)13-21/h5-15,17,32H,4,16H2,1-3H3,(H,30,35). The lowest BCUT2D eigenvalue weighted by atomic mass is 10.2. The molecule has 12 nitrogen and oxygen atoms in total. The van der Waals surface area contributed by atoms with E-state index < -0.39 is 37.5 Å². The first-order valence-electron chi connectivity index (χ1n) is 12.5. The molecule has 1 atom stereocenters. The third-order valence-corrected chi connectivity index (χ3v) is 7.96. The van der Waals surface area contributed by atoms with Crippen molar-refractivity contribution < 1.29 is 22.9 Å². The zero-order valence-electron chi connectivity index (χ0n) is 22.4. The zero-order chi connectivity index (χ0) is 29.7. The first-order chi connectivity index (χ1) is 19.5. The lowest BCUT2D eigenvalue weighted by Crippen LogP contribution is -2.32. The van der Waals surface area contributed by atoms with Crippen LogP contribution in [0.15, 0.2) is 71.9 Å². The van der Waals surface area contributed by atoms with Gasteiger partial charge in [0.05, 0.1) is 10.6 Å².